The maximum atomic E-state index is 12.3. The molecule has 3 heteroatoms. The Balaban J connectivity index is 1.95. The Labute approximate surface area is 114 Å². The molecule has 3 nitrogen and oxygen atoms in total. The molecule has 2 rings (SSSR count). The van der Waals surface area contributed by atoms with Crippen LogP contribution in [0.2, 0.25) is 0 Å². The van der Waals surface area contributed by atoms with Gasteiger partial charge in [0.05, 0.1) is 5.71 Å². The average Bonchev–Trinajstić information content (AvgIpc) is 2.35. The summed E-state index contributed by atoms with van der Waals surface area (Å²) in [6.07, 6.45) is 3.46. The average molecular weight is 259 g/mol. The van der Waals surface area contributed by atoms with Gasteiger partial charge >= 0.3 is 0 Å². The molecule has 0 spiro atoms. The van der Waals surface area contributed by atoms with E-state index in [-0.39, 0.29) is 11.7 Å². The number of Topliss-reactive ketones (excluding diaryl/α,β-unsaturated/α-hetero) is 1. The number of carbonyl (C=O) groups excluding carboxylic acids is 1. The Bertz CT molecular complexity index is 487. The second-order valence-corrected chi connectivity index (χ2v) is 5.44. The summed E-state index contributed by atoms with van der Waals surface area (Å²) in [6.45, 7) is 4.07. The third-order valence-electron chi connectivity index (χ3n) is 3.92. The van der Waals surface area contributed by atoms with Crippen molar-refractivity contribution in [3.63, 3.8) is 0 Å². The molecule has 19 heavy (non-hydrogen) atoms. The standard InChI is InChI=1S/C16H21NO2/c1-3-5-15(17-19)13-9-14(10-13)16(18)12-7-4-6-11(2)8-12/h4,6-8,13-14,19H,3,5,9-10H2,1-2H3/b17-15+. The van der Waals surface area contributed by atoms with E-state index in [9.17, 15) is 4.79 Å². The van der Waals surface area contributed by atoms with Gasteiger partial charge in [0.25, 0.3) is 0 Å². The van der Waals surface area contributed by atoms with E-state index in [1.54, 1.807) is 0 Å². The number of oxime groups is 1. The monoisotopic (exact) mass is 259 g/mol. The number of nitrogens with zero attached hydrogens (tertiary/aromatic N) is 1. The van der Waals surface area contributed by atoms with Crippen molar-refractivity contribution in [2.75, 3.05) is 0 Å². The normalized spacial score (nSPS) is 22.9. The fraction of sp³-hybridized carbons (Fsp3) is 0.500. The van der Waals surface area contributed by atoms with E-state index in [0.717, 1.165) is 42.5 Å². The fourth-order valence-corrected chi connectivity index (χ4v) is 2.73. The van der Waals surface area contributed by atoms with Crippen molar-refractivity contribution in [3.8, 4) is 0 Å². The lowest BCUT2D eigenvalue weighted by atomic mass is 9.68. The van der Waals surface area contributed by atoms with Gasteiger partial charge in [-0.1, -0.05) is 42.3 Å². The topological polar surface area (TPSA) is 49.7 Å². The predicted octanol–water partition coefficient (Wildman–Crippen LogP) is 3.83. The van der Waals surface area contributed by atoms with Crippen LogP contribution < -0.4 is 0 Å². The molecule has 0 atom stereocenters. The van der Waals surface area contributed by atoms with Crippen LogP contribution in [0.25, 0.3) is 0 Å². The zero-order valence-corrected chi connectivity index (χ0v) is 11.6. The number of carbonyl (C=O) groups is 1. The summed E-state index contributed by atoms with van der Waals surface area (Å²) >= 11 is 0. The van der Waals surface area contributed by atoms with Gasteiger partial charge in [-0.3, -0.25) is 4.79 Å². The van der Waals surface area contributed by atoms with Crippen LogP contribution in [0.3, 0.4) is 0 Å². The maximum absolute atomic E-state index is 12.3. The smallest absolute Gasteiger partial charge is 0.165 e. The molecule has 0 bridgehead atoms. The number of hydrogen-bond donors (Lipinski definition) is 1. The quantitative estimate of drug-likeness (QED) is 0.378. The summed E-state index contributed by atoms with van der Waals surface area (Å²) in [5, 5.41) is 12.4. The van der Waals surface area contributed by atoms with E-state index in [1.807, 2.05) is 31.2 Å². The molecular formula is C16H21NO2. The summed E-state index contributed by atoms with van der Waals surface area (Å²) in [7, 11) is 0. The molecule has 1 saturated carbocycles. The molecule has 1 fully saturated rings. The first-order chi connectivity index (χ1) is 9.15. The first kappa shape index (κ1) is 13.8. The lowest BCUT2D eigenvalue weighted by Gasteiger charge is -2.34. The SMILES string of the molecule is CCC/C(=N\O)C1CC(C(=O)c2cccc(C)c2)C1. The molecule has 0 radical (unpaired) electrons. The first-order valence-corrected chi connectivity index (χ1v) is 6.97. The van der Waals surface area contributed by atoms with Crippen molar-refractivity contribution >= 4 is 11.5 Å². The zero-order chi connectivity index (χ0) is 13.8. The van der Waals surface area contributed by atoms with E-state index in [2.05, 4.69) is 12.1 Å². The predicted molar refractivity (Wildman–Crippen MR) is 75.9 cm³/mol. The highest BCUT2D eigenvalue weighted by Gasteiger charge is 2.37. The summed E-state index contributed by atoms with van der Waals surface area (Å²) in [6, 6.07) is 7.76. The van der Waals surface area contributed by atoms with Crippen LogP contribution in [0, 0.1) is 18.8 Å². The lowest BCUT2D eigenvalue weighted by molar-refractivity contribution is 0.0820. The van der Waals surface area contributed by atoms with Crippen molar-refractivity contribution in [2.24, 2.45) is 17.0 Å². The highest BCUT2D eigenvalue weighted by molar-refractivity contribution is 6.00. The van der Waals surface area contributed by atoms with E-state index >= 15 is 0 Å². The second kappa shape index (κ2) is 6.00. The van der Waals surface area contributed by atoms with Gasteiger partial charge in [-0.25, -0.2) is 0 Å². The van der Waals surface area contributed by atoms with Crippen LogP contribution in [0.15, 0.2) is 29.4 Å². The van der Waals surface area contributed by atoms with Gasteiger partial charge in [-0.05, 0) is 32.3 Å². The molecule has 1 aromatic rings. The highest BCUT2D eigenvalue weighted by atomic mass is 16.4. The van der Waals surface area contributed by atoms with Crippen LogP contribution in [-0.2, 0) is 0 Å². The van der Waals surface area contributed by atoms with Crippen LogP contribution in [0.1, 0.15) is 48.5 Å². The first-order valence-electron chi connectivity index (χ1n) is 6.97. The Hall–Kier alpha value is -1.64. The minimum absolute atomic E-state index is 0.0976. The number of hydrogen-bond acceptors (Lipinski definition) is 3. The summed E-state index contributed by atoms with van der Waals surface area (Å²) in [5.74, 6) is 0.623. The Morgan fingerprint density at radius 1 is 1.37 bits per heavy atom. The van der Waals surface area contributed by atoms with Crippen molar-refractivity contribution < 1.29 is 10.0 Å². The van der Waals surface area contributed by atoms with Gasteiger partial charge in [0.15, 0.2) is 5.78 Å². The molecule has 0 amide bonds. The summed E-state index contributed by atoms with van der Waals surface area (Å²) in [4.78, 5) is 12.3. The van der Waals surface area contributed by atoms with E-state index in [1.165, 1.54) is 0 Å². The van der Waals surface area contributed by atoms with Gasteiger partial charge in [-0.15, -0.1) is 0 Å². The van der Waals surface area contributed by atoms with Crippen molar-refractivity contribution in [2.45, 2.75) is 39.5 Å². The number of rotatable bonds is 5. The molecule has 1 aliphatic carbocycles. The van der Waals surface area contributed by atoms with Crippen molar-refractivity contribution in [1.29, 1.82) is 0 Å². The number of ketones is 1. The second-order valence-electron chi connectivity index (χ2n) is 5.44. The molecule has 0 unspecified atom stereocenters. The molecule has 1 aromatic carbocycles. The van der Waals surface area contributed by atoms with Gasteiger partial charge in [-0.2, -0.15) is 0 Å². The minimum atomic E-state index is 0.0976. The van der Waals surface area contributed by atoms with Crippen LogP contribution >= 0.6 is 0 Å². The zero-order valence-electron chi connectivity index (χ0n) is 11.6. The van der Waals surface area contributed by atoms with E-state index in [0.29, 0.717) is 5.92 Å². The molecule has 0 aromatic heterocycles. The van der Waals surface area contributed by atoms with Gasteiger partial charge in [0.2, 0.25) is 0 Å². The molecule has 1 aliphatic rings. The molecule has 102 valence electrons. The lowest BCUT2D eigenvalue weighted by Crippen LogP contribution is -2.35. The van der Waals surface area contributed by atoms with Crippen molar-refractivity contribution in [3.05, 3.63) is 35.4 Å². The Kier molecular flexibility index (Phi) is 4.35. The van der Waals surface area contributed by atoms with Gasteiger partial charge in [0, 0.05) is 17.4 Å². The largest absolute Gasteiger partial charge is 0.411 e. The Morgan fingerprint density at radius 3 is 2.68 bits per heavy atom. The maximum Gasteiger partial charge on any atom is 0.165 e. The third kappa shape index (κ3) is 3.03. The molecule has 0 heterocycles. The minimum Gasteiger partial charge on any atom is -0.411 e. The summed E-state index contributed by atoms with van der Waals surface area (Å²) < 4.78 is 0. The molecular weight excluding hydrogens is 238 g/mol. The third-order valence-corrected chi connectivity index (χ3v) is 3.92. The number of aryl methyl sites for hydroxylation is 1. The molecule has 0 saturated heterocycles. The summed E-state index contributed by atoms with van der Waals surface area (Å²) in [5.41, 5.74) is 2.78. The fourth-order valence-electron chi connectivity index (χ4n) is 2.73. The Morgan fingerprint density at radius 2 is 2.11 bits per heavy atom. The molecule has 0 aliphatic heterocycles. The van der Waals surface area contributed by atoms with Gasteiger partial charge < -0.3 is 5.21 Å². The van der Waals surface area contributed by atoms with E-state index in [4.69, 9.17) is 5.21 Å². The number of benzene rings is 1. The molecule has 1 N–H and O–H groups in total. The van der Waals surface area contributed by atoms with Crippen LogP contribution in [-0.4, -0.2) is 16.7 Å². The highest BCUT2D eigenvalue weighted by Crippen LogP contribution is 2.38. The van der Waals surface area contributed by atoms with Crippen LogP contribution in [0.4, 0.5) is 0 Å². The van der Waals surface area contributed by atoms with Crippen molar-refractivity contribution in [1.82, 2.24) is 0 Å². The van der Waals surface area contributed by atoms with Gasteiger partial charge in [0.1, 0.15) is 0 Å². The van der Waals surface area contributed by atoms with E-state index < -0.39 is 0 Å². The van der Waals surface area contributed by atoms with Crippen LogP contribution in [0.5, 0.6) is 0 Å².